The lowest BCUT2D eigenvalue weighted by atomic mass is 9.96. The number of halogens is 3. The van der Waals surface area contributed by atoms with E-state index in [1.54, 1.807) is 54.3 Å². The number of allylic oxidation sites excluding steroid dienone is 2. The molecule has 2 unspecified atom stereocenters. The number of carbonyl (C=O) groups is 2. The lowest BCUT2D eigenvalue weighted by Gasteiger charge is -2.27. The minimum atomic E-state index is -5.60. The number of ether oxygens (including phenoxy) is 3. The molecule has 1 amide bonds. The molecular weight excluding hydrogens is 577 g/mol. The number of hydrogen-bond donors (Lipinski definition) is 0. The van der Waals surface area contributed by atoms with Crippen molar-refractivity contribution in [1.29, 1.82) is 0 Å². The van der Waals surface area contributed by atoms with Crippen molar-refractivity contribution in [1.82, 2.24) is 4.90 Å². The smallest absolute Gasteiger partial charge is 0.497 e. The van der Waals surface area contributed by atoms with Crippen molar-refractivity contribution in [2.75, 3.05) is 38.7 Å². The van der Waals surface area contributed by atoms with Crippen LogP contribution in [0.1, 0.15) is 43.2 Å². The zero-order chi connectivity index (χ0) is 31.1. The standard InChI is InChI=1S/C29H35F3N2O7S/c1-5-8-20(16-28(36)41-4)15-27(35)33(18-22-11-12-23(39-2)17-26(22)40-3)14-13-21-19-34(42(37,38)29(30,31)32)25-10-7-6-9-24(21)25/h5-12,17,20-21H,13-16,18-19H2,1-4H3/b8-5+. The molecule has 1 heterocycles. The second kappa shape index (κ2) is 14.0. The van der Waals surface area contributed by atoms with Gasteiger partial charge in [0.2, 0.25) is 5.91 Å². The highest BCUT2D eigenvalue weighted by atomic mass is 32.2. The molecule has 3 rings (SSSR count). The number of hydrogen-bond acceptors (Lipinski definition) is 7. The summed E-state index contributed by atoms with van der Waals surface area (Å²) < 4.78 is 80.9. The Labute approximate surface area is 243 Å². The van der Waals surface area contributed by atoms with Crippen LogP contribution >= 0.6 is 0 Å². The van der Waals surface area contributed by atoms with Gasteiger partial charge < -0.3 is 19.1 Å². The number of nitrogens with zero attached hydrogens (tertiary/aromatic N) is 2. The number of alkyl halides is 3. The van der Waals surface area contributed by atoms with E-state index < -0.39 is 39.9 Å². The summed E-state index contributed by atoms with van der Waals surface area (Å²) in [5, 5.41) is 0. The number of carbonyl (C=O) groups excluding carboxylic acids is 2. The van der Waals surface area contributed by atoms with Gasteiger partial charge in [0.25, 0.3) is 0 Å². The molecule has 0 radical (unpaired) electrons. The summed E-state index contributed by atoms with van der Waals surface area (Å²) in [6.07, 6.45) is 3.65. The van der Waals surface area contributed by atoms with Crippen LogP contribution < -0.4 is 13.8 Å². The minimum absolute atomic E-state index is 0.00740. The molecule has 1 aliphatic heterocycles. The van der Waals surface area contributed by atoms with Gasteiger partial charge in [-0.1, -0.05) is 30.4 Å². The average molecular weight is 613 g/mol. The highest BCUT2D eigenvalue weighted by Gasteiger charge is 2.52. The molecule has 13 heteroatoms. The number of para-hydroxylation sites is 1. The van der Waals surface area contributed by atoms with Crippen LogP contribution in [0.5, 0.6) is 11.5 Å². The molecule has 0 aliphatic carbocycles. The molecule has 0 N–H and O–H groups in total. The predicted octanol–water partition coefficient (Wildman–Crippen LogP) is 5.02. The van der Waals surface area contributed by atoms with E-state index in [0.29, 0.717) is 26.9 Å². The maximum atomic E-state index is 13.7. The number of anilines is 1. The maximum Gasteiger partial charge on any atom is 0.516 e. The molecule has 42 heavy (non-hydrogen) atoms. The minimum Gasteiger partial charge on any atom is -0.497 e. The van der Waals surface area contributed by atoms with Crippen LogP contribution in [0.3, 0.4) is 0 Å². The Bertz CT molecular complexity index is 1400. The third-order valence-electron chi connectivity index (χ3n) is 7.13. The Kier molecular flexibility index (Phi) is 10.9. The highest BCUT2D eigenvalue weighted by Crippen LogP contribution is 2.43. The van der Waals surface area contributed by atoms with Gasteiger partial charge >= 0.3 is 21.5 Å². The summed E-state index contributed by atoms with van der Waals surface area (Å²) in [5.41, 5.74) is -4.36. The van der Waals surface area contributed by atoms with Crippen LogP contribution in [0.4, 0.5) is 18.9 Å². The fourth-order valence-electron chi connectivity index (χ4n) is 4.98. The Morgan fingerprint density at radius 1 is 1.10 bits per heavy atom. The first-order valence-electron chi connectivity index (χ1n) is 13.2. The average Bonchev–Trinajstić information content (AvgIpc) is 3.34. The molecule has 9 nitrogen and oxygen atoms in total. The predicted molar refractivity (Wildman–Crippen MR) is 151 cm³/mol. The molecule has 2 atom stereocenters. The van der Waals surface area contributed by atoms with Crippen molar-refractivity contribution in [3.8, 4) is 11.5 Å². The second-order valence-electron chi connectivity index (χ2n) is 9.79. The second-order valence-corrected chi connectivity index (χ2v) is 11.6. The van der Waals surface area contributed by atoms with Gasteiger partial charge in [0, 0.05) is 43.6 Å². The SMILES string of the molecule is C/C=C/C(CC(=O)OC)CC(=O)N(CCC1CN(S(=O)(=O)C(F)(F)F)c2ccccc21)Cc1ccc(OC)cc1OC. The topological polar surface area (TPSA) is 102 Å². The van der Waals surface area contributed by atoms with Crippen LogP contribution in [0.25, 0.3) is 0 Å². The van der Waals surface area contributed by atoms with E-state index in [2.05, 4.69) is 0 Å². The Hall–Kier alpha value is -3.74. The normalized spacial score (nSPS) is 15.8. The number of fused-ring (bicyclic) bond motifs is 1. The maximum absolute atomic E-state index is 13.7. The number of rotatable bonds is 13. The lowest BCUT2D eigenvalue weighted by Crippen LogP contribution is -2.40. The number of sulfonamides is 1. The van der Waals surface area contributed by atoms with E-state index in [1.165, 1.54) is 33.5 Å². The fraction of sp³-hybridized carbons (Fsp3) is 0.448. The van der Waals surface area contributed by atoms with E-state index in [1.807, 2.05) is 0 Å². The molecule has 2 aromatic carbocycles. The van der Waals surface area contributed by atoms with Crippen LogP contribution in [-0.2, 0) is 30.9 Å². The van der Waals surface area contributed by atoms with E-state index in [9.17, 15) is 31.2 Å². The molecule has 2 aromatic rings. The summed E-state index contributed by atoms with van der Waals surface area (Å²) in [4.78, 5) is 27.1. The van der Waals surface area contributed by atoms with Gasteiger partial charge in [0.05, 0.1) is 33.4 Å². The third kappa shape index (κ3) is 7.55. The van der Waals surface area contributed by atoms with Crippen molar-refractivity contribution >= 4 is 27.6 Å². The number of methoxy groups -OCH3 is 3. The molecule has 1 aliphatic rings. The van der Waals surface area contributed by atoms with Gasteiger partial charge in [-0.15, -0.1) is 0 Å². The zero-order valence-electron chi connectivity index (χ0n) is 23.9. The van der Waals surface area contributed by atoms with E-state index in [4.69, 9.17) is 14.2 Å². The lowest BCUT2D eigenvalue weighted by molar-refractivity contribution is -0.141. The van der Waals surface area contributed by atoms with Crippen molar-refractivity contribution < 1.29 is 45.4 Å². The summed E-state index contributed by atoms with van der Waals surface area (Å²) in [6.45, 7) is 1.57. The monoisotopic (exact) mass is 612 g/mol. The Morgan fingerprint density at radius 2 is 1.81 bits per heavy atom. The highest BCUT2D eigenvalue weighted by molar-refractivity contribution is 7.93. The van der Waals surface area contributed by atoms with Gasteiger partial charge in [0.1, 0.15) is 11.5 Å². The summed E-state index contributed by atoms with van der Waals surface area (Å²) in [6, 6.07) is 11.2. The third-order valence-corrected chi connectivity index (χ3v) is 8.64. The summed E-state index contributed by atoms with van der Waals surface area (Å²) >= 11 is 0. The quantitative estimate of drug-likeness (QED) is 0.231. The van der Waals surface area contributed by atoms with Crippen LogP contribution in [-0.4, -0.2) is 65.1 Å². The van der Waals surface area contributed by atoms with Crippen LogP contribution in [0, 0.1) is 5.92 Å². The number of amides is 1. The van der Waals surface area contributed by atoms with Crippen molar-refractivity contribution in [2.45, 2.75) is 44.2 Å². The van der Waals surface area contributed by atoms with E-state index in [0.717, 1.165) is 0 Å². The van der Waals surface area contributed by atoms with Gasteiger partial charge in [-0.25, -0.2) is 0 Å². The van der Waals surface area contributed by atoms with Gasteiger partial charge in [-0.2, -0.15) is 21.6 Å². The molecule has 0 fully saturated rings. The summed E-state index contributed by atoms with van der Waals surface area (Å²) in [5.74, 6) is -0.773. The van der Waals surface area contributed by atoms with Crippen LogP contribution in [0.15, 0.2) is 54.6 Å². The fourth-order valence-corrected chi connectivity index (χ4v) is 6.03. The van der Waals surface area contributed by atoms with Gasteiger partial charge in [-0.3, -0.25) is 13.9 Å². The number of benzene rings is 2. The van der Waals surface area contributed by atoms with Gasteiger partial charge in [0.15, 0.2) is 0 Å². The van der Waals surface area contributed by atoms with Crippen molar-refractivity contribution in [2.24, 2.45) is 5.92 Å². The largest absolute Gasteiger partial charge is 0.516 e. The van der Waals surface area contributed by atoms with Crippen LogP contribution in [0.2, 0.25) is 0 Å². The van der Waals surface area contributed by atoms with Gasteiger partial charge in [-0.05, 0) is 43.0 Å². The van der Waals surface area contributed by atoms with E-state index >= 15 is 0 Å². The Morgan fingerprint density at radius 3 is 2.43 bits per heavy atom. The van der Waals surface area contributed by atoms with Crippen molar-refractivity contribution in [3.05, 3.63) is 65.7 Å². The summed E-state index contributed by atoms with van der Waals surface area (Å²) in [7, 11) is -1.35. The molecule has 0 saturated carbocycles. The molecule has 0 saturated heterocycles. The van der Waals surface area contributed by atoms with Crippen molar-refractivity contribution in [3.63, 3.8) is 0 Å². The first kappa shape index (κ1) is 32.8. The van der Waals surface area contributed by atoms with E-state index in [-0.39, 0.29) is 43.9 Å². The first-order chi connectivity index (χ1) is 19.9. The molecule has 0 bridgehead atoms. The molecule has 0 spiro atoms. The Balaban J connectivity index is 1.90. The first-order valence-corrected chi connectivity index (χ1v) is 14.7. The number of esters is 1. The zero-order valence-corrected chi connectivity index (χ0v) is 24.7. The molecular formula is C29H35F3N2O7S. The molecule has 230 valence electrons. The molecule has 0 aromatic heterocycles.